The summed E-state index contributed by atoms with van der Waals surface area (Å²) >= 11 is 0. The molecule has 1 rings (SSSR count). The minimum absolute atomic E-state index is 0.194. The highest BCUT2D eigenvalue weighted by atomic mass is 16.5. The molecule has 0 aromatic heterocycles. The normalized spacial score (nSPS) is 11.4. The minimum Gasteiger partial charge on any atom is -0.494 e. The van der Waals surface area contributed by atoms with Gasteiger partial charge in [0.25, 0.3) is 5.91 Å². The van der Waals surface area contributed by atoms with Crippen LogP contribution >= 0.6 is 0 Å². The Balaban J connectivity index is 2.34. The summed E-state index contributed by atoms with van der Waals surface area (Å²) in [5.41, 5.74) is 4.77. The van der Waals surface area contributed by atoms with Crippen molar-refractivity contribution in [1.82, 2.24) is 10.9 Å². The Morgan fingerprint density at radius 1 is 1.04 bits per heavy atom. The van der Waals surface area contributed by atoms with E-state index < -0.39 is 12.0 Å². The predicted octanol–water partition coefficient (Wildman–Crippen LogP) is 2.58. The van der Waals surface area contributed by atoms with Crippen molar-refractivity contribution in [2.45, 2.75) is 52.6 Å². The second-order valence-electron chi connectivity index (χ2n) is 5.16. The van der Waals surface area contributed by atoms with Gasteiger partial charge in [0.1, 0.15) is 11.5 Å². The Morgan fingerprint density at radius 3 is 2.30 bits per heavy atom. The van der Waals surface area contributed by atoms with E-state index in [-0.39, 0.29) is 5.91 Å². The quantitative estimate of drug-likeness (QED) is 0.541. The van der Waals surface area contributed by atoms with Crippen LogP contribution in [-0.2, 0) is 9.59 Å². The van der Waals surface area contributed by atoms with E-state index in [9.17, 15) is 9.59 Å². The summed E-state index contributed by atoms with van der Waals surface area (Å²) in [6, 6.07) is 7.02. The van der Waals surface area contributed by atoms with Crippen molar-refractivity contribution in [2.24, 2.45) is 0 Å². The standard InChI is InChI=1S/C17H26N2O4/c1-4-6-7-8-16(20)18-19-17(21)13(3)23-15-11-9-14(10-12-15)22-5-2/h9-13H,4-8H2,1-3H3,(H,18,20)(H,19,21)/t13-/m1/s1. The van der Waals surface area contributed by atoms with Gasteiger partial charge in [0.2, 0.25) is 5.91 Å². The van der Waals surface area contributed by atoms with Gasteiger partial charge in [0.05, 0.1) is 6.61 Å². The monoisotopic (exact) mass is 322 g/mol. The van der Waals surface area contributed by atoms with Gasteiger partial charge >= 0.3 is 0 Å². The Bertz CT molecular complexity index is 488. The Kier molecular flexibility index (Phi) is 8.57. The molecule has 0 heterocycles. The molecule has 0 aliphatic carbocycles. The van der Waals surface area contributed by atoms with Crippen LogP contribution in [-0.4, -0.2) is 24.5 Å². The first-order valence-electron chi connectivity index (χ1n) is 8.05. The first-order valence-corrected chi connectivity index (χ1v) is 8.05. The van der Waals surface area contributed by atoms with Crippen molar-refractivity contribution in [3.05, 3.63) is 24.3 Å². The molecule has 1 aromatic rings. The second-order valence-corrected chi connectivity index (χ2v) is 5.16. The molecular formula is C17H26N2O4. The predicted molar refractivity (Wildman–Crippen MR) is 88.1 cm³/mol. The van der Waals surface area contributed by atoms with Gasteiger partial charge in [-0.1, -0.05) is 19.8 Å². The lowest BCUT2D eigenvalue weighted by molar-refractivity contribution is -0.132. The molecule has 0 fully saturated rings. The number of carbonyl (C=O) groups excluding carboxylic acids is 2. The number of hydrazine groups is 1. The zero-order valence-corrected chi connectivity index (χ0v) is 14.1. The number of unbranched alkanes of at least 4 members (excludes halogenated alkanes) is 2. The average Bonchev–Trinajstić information content (AvgIpc) is 2.55. The van der Waals surface area contributed by atoms with E-state index in [4.69, 9.17) is 9.47 Å². The molecule has 2 amide bonds. The number of benzene rings is 1. The Morgan fingerprint density at radius 2 is 1.70 bits per heavy atom. The van der Waals surface area contributed by atoms with Crippen molar-refractivity contribution in [3.63, 3.8) is 0 Å². The summed E-state index contributed by atoms with van der Waals surface area (Å²) in [5.74, 6) is 0.712. The van der Waals surface area contributed by atoms with E-state index in [1.807, 2.05) is 6.92 Å². The summed E-state index contributed by atoms with van der Waals surface area (Å²) in [6.45, 7) is 6.19. The van der Waals surface area contributed by atoms with Gasteiger partial charge in [-0.2, -0.15) is 0 Å². The van der Waals surface area contributed by atoms with Gasteiger partial charge in [0, 0.05) is 6.42 Å². The highest BCUT2D eigenvalue weighted by Crippen LogP contribution is 2.18. The van der Waals surface area contributed by atoms with E-state index in [1.165, 1.54) is 0 Å². The van der Waals surface area contributed by atoms with Crippen LogP contribution in [0.3, 0.4) is 0 Å². The molecule has 0 unspecified atom stereocenters. The minimum atomic E-state index is -0.719. The van der Waals surface area contributed by atoms with Crippen LogP contribution in [0.5, 0.6) is 11.5 Å². The summed E-state index contributed by atoms with van der Waals surface area (Å²) < 4.78 is 10.9. The molecule has 6 nitrogen and oxygen atoms in total. The molecule has 23 heavy (non-hydrogen) atoms. The summed E-state index contributed by atoms with van der Waals surface area (Å²) in [7, 11) is 0. The molecule has 128 valence electrons. The van der Waals surface area contributed by atoms with Gasteiger partial charge in [-0.15, -0.1) is 0 Å². The van der Waals surface area contributed by atoms with Gasteiger partial charge in [-0.25, -0.2) is 0 Å². The number of amides is 2. The molecule has 0 bridgehead atoms. The maximum Gasteiger partial charge on any atom is 0.279 e. The van der Waals surface area contributed by atoms with Crippen molar-refractivity contribution in [1.29, 1.82) is 0 Å². The third-order valence-corrected chi connectivity index (χ3v) is 3.15. The van der Waals surface area contributed by atoms with Gasteiger partial charge < -0.3 is 9.47 Å². The highest BCUT2D eigenvalue weighted by molar-refractivity contribution is 5.84. The summed E-state index contributed by atoms with van der Waals surface area (Å²) in [4.78, 5) is 23.4. The lowest BCUT2D eigenvalue weighted by Crippen LogP contribution is -2.47. The van der Waals surface area contributed by atoms with E-state index >= 15 is 0 Å². The molecule has 0 spiro atoms. The smallest absolute Gasteiger partial charge is 0.279 e. The fourth-order valence-corrected chi connectivity index (χ4v) is 1.87. The number of hydrogen-bond donors (Lipinski definition) is 2. The molecule has 0 saturated carbocycles. The fraction of sp³-hybridized carbons (Fsp3) is 0.529. The average molecular weight is 322 g/mol. The van der Waals surface area contributed by atoms with E-state index in [1.54, 1.807) is 31.2 Å². The number of carbonyl (C=O) groups is 2. The lowest BCUT2D eigenvalue weighted by Gasteiger charge is -2.15. The third kappa shape index (κ3) is 7.54. The van der Waals surface area contributed by atoms with Crippen molar-refractivity contribution < 1.29 is 19.1 Å². The maximum absolute atomic E-state index is 11.9. The van der Waals surface area contributed by atoms with E-state index in [2.05, 4.69) is 17.8 Å². The molecular weight excluding hydrogens is 296 g/mol. The maximum atomic E-state index is 11.9. The molecule has 1 atom stereocenters. The van der Waals surface area contributed by atoms with Gasteiger partial charge in [0.15, 0.2) is 6.10 Å². The SMILES string of the molecule is CCCCCC(=O)NNC(=O)[C@@H](C)Oc1ccc(OCC)cc1. The van der Waals surface area contributed by atoms with E-state index in [0.717, 1.165) is 25.0 Å². The van der Waals surface area contributed by atoms with Crippen LogP contribution in [0.4, 0.5) is 0 Å². The fourth-order valence-electron chi connectivity index (χ4n) is 1.87. The van der Waals surface area contributed by atoms with Gasteiger partial charge in [-0.3, -0.25) is 20.4 Å². The summed E-state index contributed by atoms with van der Waals surface area (Å²) in [5, 5.41) is 0. The Labute approximate surface area is 137 Å². The Hall–Kier alpha value is -2.24. The molecule has 0 aliphatic rings. The first kappa shape index (κ1) is 18.8. The van der Waals surface area contributed by atoms with Crippen molar-refractivity contribution >= 4 is 11.8 Å². The lowest BCUT2D eigenvalue weighted by atomic mass is 10.2. The van der Waals surface area contributed by atoms with Crippen LogP contribution in [0.2, 0.25) is 0 Å². The first-order chi connectivity index (χ1) is 11.1. The number of rotatable bonds is 9. The molecule has 2 N–H and O–H groups in total. The zero-order chi connectivity index (χ0) is 17.1. The van der Waals surface area contributed by atoms with Crippen molar-refractivity contribution in [2.75, 3.05) is 6.61 Å². The van der Waals surface area contributed by atoms with Crippen LogP contribution in [0.1, 0.15) is 46.5 Å². The summed E-state index contributed by atoms with van der Waals surface area (Å²) in [6.07, 6.45) is 2.55. The topological polar surface area (TPSA) is 76.7 Å². The van der Waals surface area contributed by atoms with Crippen LogP contribution in [0, 0.1) is 0 Å². The van der Waals surface area contributed by atoms with Crippen LogP contribution in [0.25, 0.3) is 0 Å². The molecule has 0 aliphatic heterocycles. The highest BCUT2D eigenvalue weighted by Gasteiger charge is 2.15. The second kappa shape index (κ2) is 10.5. The molecule has 1 aromatic carbocycles. The molecule has 0 radical (unpaired) electrons. The molecule has 0 saturated heterocycles. The van der Waals surface area contributed by atoms with Crippen LogP contribution < -0.4 is 20.3 Å². The zero-order valence-electron chi connectivity index (χ0n) is 14.1. The number of hydrogen-bond acceptors (Lipinski definition) is 4. The van der Waals surface area contributed by atoms with Gasteiger partial charge in [-0.05, 0) is 44.5 Å². The third-order valence-electron chi connectivity index (χ3n) is 3.15. The number of nitrogens with one attached hydrogen (secondary N) is 2. The molecule has 6 heteroatoms. The largest absolute Gasteiger partial charge is 0.494 e. The van der Waals surface area contributed by atoms with Crippen molar-refractivity contribution in [3.8, 4) is 11.5 Å². The number of ether oxygens (including phenoxy) is 2. The van der Waals surface area contributed by atoms with E-state index in [0.29, 0.717) is 18.8 Å². The van der Waals surface area contributed by atoms with Crippen LogP contribution in [0.15, 0.2) is 24.3 Å².